The van der Waals surface area contributed by atoms with Crippen molar-refractivity contribution in [3.8, 4) is 0 Å². The Hall–Kier alpha value is -0.570. The molecule has 1 amide bonds. The zero-order valence-electron chi connectivity index (χ0n) is 5.61. The minimum atomic E-state index is 0.0590. The van der Waals surface area contributed by atoms with Crippen LogP contribution in [0.1, 0.15) is 13.3 Å². The molecule has 0 bridgehead atoms. The fourth-order valence-corrected chi connectivity index (χ4v) is 0.790. The van der Waals surface area contributed by atoms with Crippen LogP contribution in [-0.4, -0.2) is 25.0 Å². The van der Waals surface area contributed by atoms with Crippen LogP contribution < -0.4 is 10.6 Å². The molecule has 0 aromatic rings. The van der Waals surface area contributed by atoms with E-state index in [9.17, 15) is 4.79 Å². The van der Waals surface area contributed by atoms with E-state index in [2.05, 4.69) is 10.6 Å². The quantitative estimate of drug-likeness (QED) is 0.525. The van der Waals surface area contributed by atoms with Gasteiger partial charge in [-0.3, -0.25) is 4.79 Å². The molecule has 0 aliphatic carbocycles. The predicted octanol–water partition coefficient (Wildman–Crippen LogP) is -0.516. The third-order valence-electron chi connectivity index (χ3n) is 1.52. The molecule has 2 N–H and O–H groups in total. The third-order valence-corrected chi connectivity index (χ3v) is 1.52. The minimum absolute atomic E-state index is 0.0590. The lowest BCUT2D eigenvalue weighted by Crippen LogP contribution is -2.49. The molecule has 3 nitrogen and oxygen atoms in total. The van der Waals surface area contributed by atoms with Gasteiger partial charge in [0, 0.05) is 19.5 Å². The van der Waals surface area contributed by atoms with Crippen molar-refractivity contribution < 1.29 is 4.79 Å². The highest BCUT2D eigenvalue weighted by Crippen LogP contribution is 1.98. The smallest absolute Gasteiger partial charge is 0.216 e. The second-order valence-electron chi connectivity index (χ2n) is 2.38. The van der Waals surface area contributed by atoms with Crippen LogP contribution in [-0.2, 0) is 4.79 Å². The Labute approximate surface area is 54.8 Å². The van der Waals surface area contributed by atoms with E-state index in [-0.39, 0.29) is 5.91 Å². The van der Waals surface area contributed by atoms with Crippen LogP contribution in [0.15, 0.2) is 0 Å². The molecule has 1 unspecified atom stereocenters. The molecule has 0 aromatic heterocycles. The summed E-state index contributed by atoms with van der Waals surface area (Å²) in [7, 11) is 0. The number of carbonyl (C=O) groups excluding carboxylic acids is 1. The summed E-state index contributed by atoms with van der Waals surface area (Å²) >= 11 is 0. The number of hydrogen-bond acceptors (Lipinski definition) is 2. The molecule has 3 heteroatoms. The molecule has 0 spiro atoms. The topological polar surface area (TPSA) is 41.1 Å². The molecule has 1 aliphatic heterocycles. The normalized spacial score (nSPS) is 24.8. The maximum Gasteiger partial charge on any atom is 0.216 e. The Morgan fingerprint density at radius 2 is 2.56 bits per heavy atom. The van der Waals surface area contributed by atoms with Crippen LogP contribution >= 0.6 is 0 Å². The molecule has 1 saturated heterocycles. The van der Waals surface area contributed by atoms with Gasteiger partial charge in [0.2, 0.25) is 5.91 Å². The summed E-state index contributed by atoms with van der Waals surface area (Å²) in [4.78, 5) is 10.3. The Kier molecular flexibility index (Phi) is 2.05. The number of hydrogen-bond donors (Lipinski definition) is 2. The predicted molar refractivity (Wildman–Crippen MR) is 35.1 cm³/mol. The molecule has 0 aromatic carbocycles. The van der Waals surface area contributed by atoms with Gasteiger partial charge in [0.15, 0.2) is 0 Å². The summed E-state index contributed by atoms with van der Waals surface area (Å²) in [6, 6.07) is 0.536. The molecule has 0 radical (unpaired) electrons. The highest BCUT2D eigenvalue weighted by Gasteiger charge is 2.15. The first kappa shape index (κ1) is 6.55. The van der Waals surface area contributed by atoms with E-state index in [4.69, 9.17) is 0 Å². The average molecular weight is 128 g/mol. The second kappa shape index (κ2) is 2.82. The minimum Gasteiger partial charge on any atom is -0.355 e. The average Bonchev–Trinajstić information content (AvgIpc) is 1.60. The van der Waals surface area contributed by atoms with Crippen LogP contribution in [0.3, 0.4) is 0 Å². The first-order valence-electron chi connectivity index (χ1n) is 3.27. The van der Waals surface area contributed by atoms with Crippen molar-refractivity contribution in [2.75, 3.05) is 13.1 Å². The first-order valence-corrected chi connectivity index (χ1v) is 3.27. The fourth-order valence-electron chi connectivity index (χ4n) is 0.790. The summed E-state index contributed by atoms with van der Waals surface area (Å²) in [5, 5.41) is 5.93. The molecular weight excluding hydrogens is 116 g/mol. The molecule has 9 heavy (non-hydrogen) atoms. The largest absolute Gasteiger partial charge is 0.355 e. The lowest BCUT2D eigenvalue weighted by atomic mass is 10.1. The van der Waals surface area contributed by atoms with Gasteiger partial charge >= 0.3 is 0 Å². The summed E-state index contributed by atoms with van der Waals surface area (Å²) in [6.45, 7) is 3.43. The number of carbonyl (C=O) groups is 1. The summed E-state index contributed by atoms with van der Waals surface area (Å²) in [6.07, 6.45) is 1.19. The van der Waals surface area contributed by atoms with E-state index in [0.29, 0.717) is 6.04 Å². The standard InChI is InChI=1S/C6H12N2O/c1-5(9)8-4-6-2-3-7-6/h6-7H,2-4H2,1H3,(H,8,9). The SMILES string of the molecule is CC(=O)NCC1CCN1. The van der Waals surface area contributed by atoms with Crippen LogP contribution in [0.25, 0.3) is 0 Å². The lowest BCUT2D eigenvalue weighted by molar-refractivity contribution is -0.119. The van der Waals surface area contributed by atoms with Crippen LogP contribution in [0.5, 0.6) is 0 Å². The maximum absolute atomic E-state index is 10.3. The highest BCUT2D eigenvalue weighted by atomic mass is 16.1. The maximum atomic E-state index is 10.3. The summed E-state index contributed by atoms with van der Waals surface area (Å²) < 4.78 is 0. The van der Waals surface area contributed by atoms with Gasteiger partial charge in [-0.25, -0.2) is 0 Å². The monoisotopic (exact) mass is 128 g/mol. The van der Waals surface area contributed by atoms with Gasteiger partial charge in [-0.2, -0.15) is 0 Å². The Morgan fingerprint density at radius 3 is 2.89 bits per heavy atom. The van der Waals surface area contributed by atoms with Gasteiger partial charge in [-0.05, 0) is 13.0 Å². The number of nitrogens with one attached hydrogen (secondary N) is 2. The van der Waals surface area contributed by atoms with Crippen molar-refractivity contribution >= 4 is 5.91 Å². The van der Waals surface area contributed by atoms with Gasteiger partial charge < -0.3 is 10.6 Å². The van der Waals surface area contributed by atoms with Crippen molar-refractivity contribution in [2.45, 2.75) is 19.4 Å². The van der Waals surface area contributed by atoms with E-state index in [1.807, 2.05) is 0 Å². The van der Waals surface area contributed by atoms with E-state index in [1.54, 1.807) is 6.92 Å². The third kappa shape index (κ3) is 2.01. The van der Waals surface area contributed by atoms with E-state index < -0.39 is 0 Å². The molecule has 1 rings (SSSR count). The van der Waals surface area contributed by atoms with Crippen molar-refractivity contribution in [3.63, 3.8) is 0 Å². The second-order valence-corrected chi connectivity index (χ2v) is 2.38. The van der Waals surface area contributed by atoms with Gasteiger partial charge in [0.05, 0.1) is 0 Å². The Morgan fingerprint density at radius 1 is 1.89 bits per heavy atom. The Balaban J connectivity index is 1.97. The van der Waals surface area contributed by atoms with Crippen molar-refractivity contribution in [2.24, 2.45) is 0 Å². The van der Waals surface area contributed by atoms with Crippen LogP contribution in [0, 0.1) is 0 Å². The number of amides is 1. The van der Waals surface area contributed by atoms with Crippen molar-refractivity contribution in [1.29, 1.82) is 0 Å². The molecule has 0 saturated carbocycles. The van der Waals surface area contributed by atoms with Crippen molar-refractivity contribution in [1.82, 2.24) is 10.6 Å². The lowest BCUT2D eigenvalue weighted by Gasteiger charge is -2.27. The Bertz CT molecular complexity index is 110. The first-order chi connectivity index (χ1) is 4.29. The molecule has 52 valence electrons. The summed E-state index contributed by atoms with van der Waals surface area (Å²) in [5.74, 6) is 0.0590. The van der Waals surface area contributed by atoms with Gasteiger partial charge in [0.25, 0.3) is 0 Å². The van der Waals surface area contributed by atoms with Gasteiger partial charge in [-0.1, -0.05) is 0 Å². The molecule has 1 atom stereocenters. The van der Waals surface area contributed by atoms with E-state index in [1.165, 1.54) is 6.42 Å². The van der Waals surface area contributed by atoms with Crippen molar-refractivity contribution in [3.05, 3.63) is 0 Å². The zero-order chi connectivity index (χ0) is 6.69. The molecule has 1 aliphatic rings. The molecule has 1 heterocycles. The molecular formula is C6H12N2O. The van der Waals surface area contributed by atoms with E-state index >= 15 is 0 Å². The van der Waals surface area contributed by atoms with Gasteiger partial charge in [-0.15, -0.1) is 0 Å². The highest BCUT2D eigenvalue weighted by molar-refractivity contribution is 5.72. The molecule has 1 fully saturated rings. The van der Waals surface area contributed by atoms with Gasteiger partial charge in [0.1, 0.15) is 0 Å². The fraction of sp³-hybridized carbons (Fsp3) is 0.833. The zero-order valence-corrected chi connectivity index (χ0v) is 5.61. The van der Waals surface area contributed by atoms with Crippen LogP contribution in [0.4, 0.5) is 0 Å². The van der Waals surface area contributed by atoms with E-state index in [0.717, 1.165) is 13.1 Å². The van der Waals surface area contributed by atoms with Crippen LogP contribution in [0.2, 0.25) is 0 Å². The summed E-state index contributed by atoms with van der Waals surface area (Å²) in [5.41, 5.74) is 0. The number of rotatable bonds is 2.